The van der Waals surface area contributed by atoms with Crippen LogP contribution in [0.5, 0.6) is 0 Å². The standard InChI is InChI=1S/C27H43F/c1-20-2-10-23(11-3-20)25-14-16-26(17-15-25)24-12-6-21(7-13-24)4-5-22-8-18-27(28)19-9-22/h20-27H,2-3,6-19H2,1H3. The number of rotatable bonds is 2. The lowest BCUT2D eigenvalue weighted by atomic mass is 9.65. The average Bonchev–Trinajstić information content (AvgIpc) is 2.74. The molecule has 0 saturated heterocycles. The predicted octanol–water partition coefficient (Wildman–Crippen LogP) is 7.96. The molecule has 0 spiro atoms. The summed E-state index contributed by atoms with van der Waals surface area (Å²) in [7, 11) is 0. The van der Waals surface area contributed by atoms with Gasteiger partial charge in [-0.1, -0.05) is 31.6 Å². The molecule has 0 heterocycles. The summed E-state index contributed by atoms with van der Waals surface area (Å²) in [5.74, 6) is 13.4. The second kappa shape index (κ2) is 10.00. The van der Waals surface area contributed by atoms with Gasteiger partial charge in [-0.3, -0.25) is 0 Å². The number of alkyl halides is 1. The van der Waals surface area contributed by atoms with Gasteiger partial charge in [-0.05, 0) is 119 Å². The Bertz CT molecular complexity index is 510. The molecule has 158 valence electrons. The highest BCUT2D eigenvalue weighted by atomic mass is 19.1. The fourth-order valence-electron chi connectivity index (χ4n) is 7.01. The highest BCUT2D eigenvalue weighted by molar-refractivity contribution is 5.09. The Morgan fingerprint density at radius 3 is 1.21 bits per heavy atom. The highest BCUT2D eigenvalue weighted by Gasteiger charge is 2.34. The maximum absolute atomic E-state index is 13.3. The second-order valence-electron chi connectivity index (χ2n) is 11.0. The SMILES string of the molecule is CC1CCC(C2CCC(C3CCC(C#CC4CCC(F)CC4)CC3)CC2)CC1. The van der Waals surface area contributed by atoms with E-state index in [1.165, 1.54) is 77.0 Å². The Kier molecular flexibility index (Phi) is 7.41. The second-order valence-corrected chi connectivity index (χ2v) is 11.0. The summed E-state index contributed by atoms with van der Waals surface area (Å²) < 4.78 is 13.3. The molecule has 0 aromatic carbocycles. The van der Waals surface area contributed by atoms with Gasteiger partial charge in [-0.25, -0.2) is 4.39 Å². The van der Waals surface area contributed by atoms with Gasteiger partial charge < -0.3 is 0 Å². The molecule has 4 rings (SSSR count). The lowest BCUT2D eigenvalue weighted by molar-refractivity contribution is 0.111. The minimum absolute atomic E-state index is 0.489. The van der Waals surface area contributed by atoms with Crippen molar-refractivity contribution in [3.63, 3.8) is 0 Å². The largest absolute Gasteiger partial charge is 0.247 e. The first-order valence-corrected chi connectivity index (χ1v) is 12.8. The first-order chi connectivity index (χ1) is 13.7. The highest BCUT2D eigenvalue weighted by Crippen LogP contribution is 2.45. The molecule has 4 fully saturated rings. The van der Waals surface area contributed by atoms with Crippen LogP contribution in [-0.4, -0.2) is 6.17 Å². The van der Waals surface area contributed by atoms with Crippen LogP contribution in [0.3, 0.4) is 0 Å². The fourth-order valence-corrected chi connectivity index (χ4v) is 7.01. The molecule has 1 heteroatoms. The third-order valence-corrected chi connectivity index (χ3v) is 9.13. The summed E-state index contributed by atoms with van der Waals surface area (Å²) in [5, 5.41) is 0. The van der Waals surface area contributed by atoms with Crippen LogP contribution in [0.2, 0.25) is 0 Å². The summed E-state index contributed by atoms with van der Waals surface area (Å²) in [5.41, 5.74) is 0. The molecule has 0 atom stereocenters. The van der Waals surface area contributed by atoms with Gasteiger partial charge >= 0.3 is 0 Å². The molecule has 0 unspecified atom stereocenters. The van der Waals surface area contributed by atoms with E-state index < -0.39 is 6.17 Å². The van der Waals surface area contributed by atoms with Gasteiger partial charge in [0.2, 0.25) is 0 Å². The smallest absolute Gasteiger partial charge is 0.100 e. The first-order valence-electron chi connectivity index (χ1n) is 12.8. The minimum Gasteiger partial charge on any atom is -0.247 e. The molecule has 0 aromatic heterocycles. The Morgan fingerprint density at radius 1 is 0.464 bits per heavy atom. The van der Waals surface area contributed by atoms with E-state index in [1.54, 1.807) is 0 Å². The molecule has 0 N–H and O–H groups in total. The number of hydrogen-bond donors (Lipinski definition) is 0. The summed E-state index contributed by atoms with van der Waals surface area (Å²) in [4.78, 5) is 0. The van der Waals surface area contributed by atoms with E-state index in [-0.39, 0.29) is 0 Å². The monoisotopic (exact) mass is 386 g/mol. The van der Waals surface area contributed by atoms with Crippen LogP contribution in [0.4, 0.5) is 4.39 Å². The topological polar surface area (TPSA) is 0 Å². The predicted molar refractivity (Wildman–Crippen MR) is 117 cm³/mol. The van der Waals surface area contributed by atoms with Crippen molar-refractivity contribution in [2.24, 2.45) is 41.4 Å². The van der Waals surface area contributed by atoms with Crippen molar-refractivity contribution in [2.75, 3.05) is 0 Å². The zero-order valence-corrected chi connectivity index (χ0v) is 18.3. The lowest BCUT2D eigenvalue weighted by Crippen LogP contribution is -2.29. The quantitative estimate of drug-likeness (QED) is 0.422. The maximum Gasteiger partial charge on any atom is 0.100 e. The third-order valence-electron chi connectivity index (χ3n) is 9.13. The van der Waals surface area contributed by atoms with E-state index in [0.717, 1.165) is 55.3 Å². The Hall–Kier alpha value is -0.510. The Balaban J connectivity index is 1.16. The van der Waals surface area contributed by atoms with Crippen LogP contribution >= 0.6 is 0 Å². The van der Waals surface area contributed by atoms with Crippen LogP contribution in [0.25, 0.3) is 0 Å². The zero-order chi connectivity index (χ0) is 19.3. The normalized spacial score (nSPS) is 45.1. The van der Waals surface area contributed by atoms with Gasteiger partial charge in [-0.2, -0.15) is 0 Å². The van der Waals surface area contributed by atoms with Crippen molar-refractivity contribution in [3.05, 3.63) is 0 Å². The van der Waals surface area contributed by atoms with Gasteiger partial charge in [0.15, 0.2) is 0 Å². The minimum atomic E-state index is -0.551. The molecule has 0 nitrogen and oxygen atoms in total. The van der Waals surface area contributed by atoms with Gasteiger partial charge in [0.05, 0.1) is 0 Å². The first kappa shape index (κ1) is 20.8. The fraction of sp³-hybridized carbons (Fsp3) is 0.926. The Labute approximate surface area is 173 Å². The van der Waals surface area contributed by atoms with Gasteiger partial charge in [0.1, 0.15) is 6.17 Å². The molecule has 4 aliphatic rings. The molecule has 4 saturated carbocycles. The van der Waals surface area contributed by atoms with Crippen molar-refractivity contribution >= 4 is 0 Å². The molecule has 0 radical (unpaired) electrons. The third kappa shape index (κ3) is 5.55. The molecule has 28 heavy (non-hydrogen) atoms. The number of hydrogen-bond acceptors (Lipinski definition) is 0. The van der Waals surface area contributed by atoms with Crippen molar-refractivity contribution < 1.29 is 4.39 Å². The van der Waals surface area contributed by atoms with E-state index >= 15 is 0 Å². The number of halogens is 1. The summed E-state index contributed by atoms with van der Waals surface area (Å²) >= 11 is 0. The molecule has 0 amide bonds. The van der Waals surface area contributed by atoms with Crippen LogP contribution in [0.1, 0.15) is 110 Å². The summed E-state index contributed by atoms with van der Waals surface area (Å²) in [6, 6.07) is 0. The lowest BCUT2D eigenvalue weighted by Gasteiger charge is -2.40. The summed E-state index contributed by atoms with van der Waals surface area (Å²) in [6.45, 7) is 2.45. The van der Waals surface area contributed by atoms with E-state index in [4.69, 9.17) is 0 Å². The maximum atomic E-state index is 13.3. The molecule has 0 aliphatic heterocycles. The van der Waals surface area contributed by atoms with E-state index in [1.807, 2.05) is 0 Å². The van der Waals surface area contributed by atoms with Crippen LogP contribution in [0, 0.1) is 53.3 Å². The van der Waals surface area contributed by atoms with Crippen molar-refractivity contribution in [1.29, 1.82) is 0 Å². The van der Waals surface area contributed by atoms with Gasteiger partial charge in [0.25, 0.3) is 0 Å². The van der Waals surface area contributed by atoms with Crippen molar-refractivity contribution in [1.82, 2.24) is 0 Å². The van der Waals surface area contributed by atoms with Crippen molar-refractivity contribution in [2.45, 2.75) is 116 Å². The van der Waals surface area contributed by atoms with E-state index in [9.17, 15) is 4.39 Å². The molecular weight excluding hydrogens is 343 g/mol. The van der Waals surface area contributed by atoms with Crippen LogP contribution in [-0.2, 0) is 0 Å². The molecule has 0 aromatic rings. The molecular formula is C27H43F. The zero-order valence-electron chi connectivity index (χ0n) is 18.3. The van der Waals surface area contributed by atoms with Crippen LogP contribution < -0.4 is 0 Å². The summed E-state index contributed by atoms with van der Waals surface area (Å²) in [6.07, 6.45) is 20.5. The Morgan fingerprint density at radius 2 is 0.786 bits per heavy atom. The van der Waals surface area contributed by atoms with Gasteiger partial charge in [0, 0.05) is 11.8 Å². The van der Waals surface area contributed by atoms with Crippen molar-refractivity contribution in [3.8, 4) is 11.8 Å². The molecule has 4 aliphatic carbocycles. The van der Waals surface area contributed by atoms with Gasteiger partial charge in [-0.15, -0.1) is 0 Å². The average molecular weight is 387 g/mol. The van der Waals surface area contributed by atoms with Crippen LogP contribution in [0.15, 0.2) is 0 Å². The molecule has 0 bridgehead atoms. The van der Waals surface area contributed by atoms with E-state index in [2.05, 4.69) is 18.8 Å². The van der Waals surface area contributed by atoms with E-state index in [0.29, 0.717) is 11.8 Å².